The molecule has 3 aromatic rings. The Labute approximate surface area is 137 Å². The van der Waals surface area contributed by atoms with Crippen LogP contribution in [-0.2, 0) is 5.41 Å². The van der Waals surface area contributed by atoms with Gasteiger partial charge in [0.1, 0.15) is 5.56 Å². The van der Waals surface area contributed by atoms with E-state index in [4.69, 9.17) is 0 Å². The summed E-state index contributed by atoms with van der Waals surface area (Å²) in [6.07, 6.45) is 8.81. The van der Waals surface area contributed by atoms with Gasteiger partial charge in [-0.15, -0.1) is 11.3 Å². The Kier molecular flexibility index (Phi) is 3.37. The lowest BCUT2D eigenvalue weighted by atomic mass is 9.81. The highest BCUT2D eigenvalue weighted by Crippen LogP contribution is 2.36. The molecule has 0 radical (unpaired) electrons. The first-order valence-corrected chi connectivity index (χ1v) is 8.53. The van der Waals surface area contributed by atoms with E-state index >= 15 is 0 Å². The highest BCUT2D eigenvalue weighted by atomic mass is 32.1. The van der Waals surface area contributed by atoms with Crippen LogP contribution in [0.2, 0.25) is 0 Å². The van der Waals surface area contributed by atoms with Gasteiger partial charge in [0.25, 0.3) is 5.91 Å². The van der Waals surface area contributed by atoms with Gasteiger partial charge >= 0.3 is 0 Å². The van der Waals surface area contributed by atoms with Crippen molar-refractivity contribution >= 4 is 22.9 Å². The predicted molar refractivity (Wildman–Crippen MR) is 87.6 cm³/mol. The highest BCUT2D eigenvalue weighted by molar-refractivity contribution is 7.09. The number of nitrogens with zero attached hydrogens (tertiary/aromatic N) is 5. The van der Waals surface area contributed by atoms with Gasteiger partial charge < -0.3 is 4.90 Å². The molecule has 23 heavy (non-hydrogen) atoms. The number of carbonyl (C=O) groups is 1. The van der Waals surface area contributed by atoms with Crippen LogP contribution in [0, 0.1) is 0 Å². The van der Waals surface area contributed by atoms with Crippen molar-refractivity contribution in [2.75, 3.05) is 13.1 Å². The summed E-state index contributed by atoms with van der Waals surface area (Å²) in [5, 5.41) is 7.39. The lowest BCUT2D eigenvalue weighted by molar-refractivity contribution is 0.0677. The Morgan fingerprint density at radius 1 is 1.26 bits per heavy atom. The third-order valence-electron chi connectivity index (χ3n) is 4.61. The van der Waals surface area contributed by atoms with Crippen LogP contribution in [-0.4, -0.2) is 43.5 Å². The van der Waals surface area contributed by atoms with E-state index in [1.165, 1.54) is 5.01 Å². The zero-order valence-corrected chi connectivity index (χ0v) is 13.7. The largest absolute Gasteiger partial charge is 0.338 e. The maximum atomic E-state index is 12.8. The quantitative estimate of drug-likeness (QED) is 0.725. The van der Waals surface area contributed by atoms with Crippen LogP contribution < -0.4 is 0 Å². The summed E-state index contributed by atoms with van der Waals surface area (Å²) in [5.41, 5.74) is 1.26. The number of rotatable bonds is 2. The minimum absolute atomic E-state index is 0.0138. The molecule has 0 spiro atoms. The molecule has 0 bridgehead atoms. The van der Waals surface area contributed by atoms with Crippen molar-refractivity contribution in [3.05, 3.63) is 46.8 Å². The minimum Gasteiger partial charge on any atom is -0.338 e. The molecule has 1 saturated heterocycles. The molecule has 6 nitrogen and oxygen atoms in total. The van der Waals surface area contributed by atoms with Crippen LogP contribution in [0.25, 0.3) is 5.65 Å². The monoisotopic (exact) mass is 327 g/mol. The SMILES string of the molecule is CC1(c2nccs2)CCN(C(=O)c2cnn3cccnc23)CC1. The van der Waals surface area contributed by atoms with Crippen molar-refractivity contribution in [3.63, 3.8) is 0 Å². The lowest BCUT2D eigenvalue weighted by Gasteiger charge is -2.38. The molecular formula is C16H17N5OS. The van der Waals surface area contributed by atoms with E-state index in [0.717, 1.165) is 25.9 Å². The third-order valence-corrected chi connectivity index (χ3v) is 5.69. The minimum atomic E-state index is 0.0138. The van der Waals surface area contributed by atoms with E-state index in [2.05, 4.69) is 22.0 Å². The average molecular weight is 327 g/mol. The number of thiazole rings is 1. The molecule has 0 saturated carbocycles. The lowest BCUT2D eigenvalue weighted by Crippen LogP contribution is -2.43. The normalized spacial score (nSPS) is 17.5. The summed E-state index contributed by atoms with van der Waals surface area (Å²) in [4.78, 5) is 23.4. The first-order valence-electron chi connectivity index (χ1n) is 7.65. The zero-order valence-electron chi connectivity index (χ0n) is 12.8. The molecule has 0 aromatic carbocycles. The molecule has 1 fully saturated rings. The number of likely N-dealkylation sites (tertiary alicyclic amines) is 1. The van der Waals surface area contributed by atoms with Gasteiger partial charge in [0.2, 0.25) is 0 Å². The van der Waals surface area contributed by atoms with Crippen molar-refractivity contribution in [1.82, 2.24) is 24.5 Å². The van der Waals surface area contributed by atoms with Crippen molar-refractivity contribution in [2.24, 2.45) is 0 Å². The fourth-order valence-electron chi connectivity index (χ4n) is 3.09. The van der Waals surface area contributed by atoms with Crippen LogP contribution in [0.4, 0.5) is 0 Å². The van der Waals surface area contributed by atoms with E-state index < -0.39 is 0 Å². The number of aromatic nitrogens is 4. The number of piperidine rings is 1. The number of hydrogen-bond donors (Lipinski definition) is 0. The number of amides is 1. The number of hydrogen-bond acceptors (Lipinski definition) is 5. The molecule has 1 amide bonds. The summed E-state index contributed by atoms with van der Waals surface area (Å²) >= 11 is 1.70. The summed E-state index contributed by atoms with van der Waals surface area (Å²) in [6.45, 7) is 3.71. The molecule has 3 aromatic heterocycles. The molecule has 0 N–H and O–H groups in total. The van der Waals surface area contributed by atoms with Crippen LogP contribution in [0.5, 0.6) is 0 Å². The number of carbonyl (C=O) groups excluding carboxylic acids is 1. The van der Waals surface area contributed by atoms with Gasteiger partial charge in [0.15, 0.2) is 5.65 Å². The van der Waals surface area contributed by atoms with Crippen molar-refractivity contribution in [2.45, 2.75) is 25.2 Å². The van der Waals surface area contributed by atoms with E-state index in [9.17, 15) is 4.79 Å². The van der Waals surface area contributed by atoms with Gasteiger partial charge in [-0.2, -0.15) is 5.10 Å². The molecule has 1 aliphatic rings. The first-order chi connectivity index (χ1) is 11.2. The average Bonchev–Trinajstić information content (AvgIpc) is 3.25. The summed E-state index contributed by atoms with van der Waals surface area (Å²) in [7, 11) is 0. The second kappa shape index (κ2) is 5.42. The van der Waals surface area contributed by atoms with Gasteiger partial charge in [-0.05, 0) is 18.9 Å². The Morgan fingerprint density at radius 3 is 2.83 bits per heavy atom. The van der Waals surface area contributed by atoms with Crippen LogP contribution >= 0.6 is 11.3 Å². The smallest absolute Gasteiger partial charge is 0.259 e. The molecule has 1 aliphatic heterocycles. The first kappa shape index (κ1) is 14.3. The Hall–Kier alpha value is -2.28. The standard InChI is InChI=1S/C16H17N5OS/c1-16(15-18-6-10-23-15)3-8-20(9-4-16)14(22)12-11-19-21-7-2-5-17-13(12)21/h2,5-7,10-11H,3-4,8-9H2,1H3. The van der Waals surface area contributed by atoms with Crippen LogP contribution in [0.3, 0.4) is 0 Å². The maximum Gasteiger partial charge on any atom is 0.259 e. The molecule has 4 heterocycles. The Balaban J connectivity index is 1.53. The summed E-state index contributed by atoms with van der Waals surface area (Å²) in [5.74, 6) is 0.0138. The molecule has 0 atom stereocenters. The van der Waals surface area contributed by atoms with Crippen LogP contribution in [0.15, 0.2) is 36.2 Å². The third kappa shape index (κ3) is 2.41. The Morgan fingerprint density at radius 2 is 2.09 bits per heavy atom. The van der Waals surface area contributed by atoms with E-state index in [0.29, 0.717) is 11.2 Å². The summed E-state index contributed by atoms with van der Waals surface area (Å²) < 4.78 is 1.64. The fourth-order valence-corrected chi connectivity index (χ4v) is 3.95. The molecule has 4 rings (SSSR count). The zero-order chi connectivity index (χ0) is 15.9. The van der Waals surface area contributed by atoms with Gasteiger partial charge in [-0.1, -0.05) is 6.92 Å². The summed E-state index contributed by atoms with van der Waals surface area (Å²) in [6, 6.07) is 1.80. The second-order valence-corrected chi connectivity index (χ2v) is 7.03. The predicted octanol–water partition coefficient (Wildman–Crippen LogP) is 2.38. The van der Waals surface area contributed by atoms with Gasteiger partial charge in [0, 0.05) is 42.5 Å². The number of fused-ring (bicyclic) bond motifs is 1. The van der Waals surface area contributed by atoms with Gasteiger partial charge in [-0.25, -0.2) is 14.5 Å². The second-order valence-electron chi connectivity index (χ2n) is 6.14. The van der Waals surface area contributed by atoms with Crippen molar-refractivity contribution in [1.29, 1.82) is 0 Å². The van der Waals surface area contributed by atoms with Crippen molar-refractivity contribution < 1.29 is 4.79 Å². The Bertz CT molecular complexity index is 833. The van der Waals surface area contributed by atoms with E-state index in [1.54, 1.807) is 40.5 Å². The fraction of sp³-hybridized carbons (Fsp3) is 0.375. The molecule has 118 valence electrons. The van der Waals surface area contributed by atoms with Gasteiger partial charge in [-0.3, -0.25) is 4.79 Å². The van der Waals surface area contributed by atoms with E-state index in [-0.39, 0.29) is 11.3 Å². The van der Waals surface area contributed by atoms with Gasteiger partial charge in [0.05, 0.1) is 11.2 Å². The maximum absolute atomic E-state index is 12.8. The van der Waals surface area contributed by atoms with Crippen LogP contribution in [0.1, 0.15) is 35.1 Å². The molecule has 7 heteroatoms. The topological polar surface area (TPSA) is 63.4 Å². The van der Waals surface area contributed by atoms with Crippen molar-refractivity contribution in [3.8, 4) is 0 Å². The van der Waals surface area contributed by atoms with E-state index in [1.807, 2.05) is 16.5 Å². The highest BCUT2D eigenvalue weighted by Gasteiger charge is 2.36. The molecular weight excluding hydrogens is 310 g/mol. The molecule has 0 aliphatic carbocycles. The molecule has 0 unspecified atom stereocenters.